The first kappa shape index (κ1) is 22.7. The summed E-state index contributed by atoms with van der Waals surface area (Å²) in [5.74, 6) is 1.06. The van der Waals surface area contributed by atoms with Crippen LogP contribution in [0, 0.1) is 6.92 Å². The van der Waals surface area contributed by atoms with Gasteiger partial charge in [0.1, 0.15) is 18.1 Å². The molecule has 0 aromatic heterocycles. The smallest absolute Gasteiger partial charge is 0.303 e. The Morgan fingerprint density at radius 3 is 2.52 bits per heavy atom. The molecule has 0 spiro atoms. The van der Waals surface area contributed by atoms with E-state index in [4.69, 9.17) is 14.6 Å². The third-order valence-corrected chi connectivity index (χ3v) is 6.66. The maximum Gasteiger partial charge on any atom is 0.303 e. The molecule has 1 heterocycles. The number of ether oxygens (including phenoxy) is 2. The van der Waals surface area contributed by atoms with Gasteiger partial charge in [0.25, 0.3) is 0 Å². The van der Waals surface area contributed by atoms with Crippen molar-refractivity contribution in [1.82, 2.24) is 0 Å². The van der Waals surface area contributed by atoms with Crippen molar-refractivity contribution in [2.45, 2.75) is 51.7 Å². The maximum atomic E-state index is 10.6. The first-order chi connectivity index (χ1) is 15.9. The Bertz CT molecular complexity index is 1120. The molecule has 5 heteroatoms. The van der Waals surface area contributed by atoms with Gasteiger partial charge in [-0.15, -0.1) is 0 Å². The normalized spacial score (nSPS) is 18.9. The van der Waals surface area contributed by atoms with Gasteiger partial charge in [-0.25, -0.2) is 0 Å². The molecule has 0 radical (unpaired) electrons. The summed E-state index contributed by atoms with van der Waals surface area (Å²) >= 11 is 0. The van der Waals surface area contributed by atoms with Crippen LogP contribution >= 0.6 is 0 Å². The molecule has 1 aliphatic heterocycles. The van der Waals surface area contributed by atoms with Crippen LogP contribution < -0.4 is 14.8 Å². The lowest BCUT2D eigenvalue weighted by Gasteiger charge is -2.31. The summed E-state index contributed by atoms with van der Waals surface area (Å²) in [5.41, 5.74) is 5.59. The zero-order valence-electron chi connectivity index (χ0n) is 19.4. The summed E-state index contributed by atoms with van der Waals surface area (Å²) in [5, 5.41) is 12.5. The highest BCUT2D eigenvalue weighted by atomic mass is 16.5. The van der Waals surface area contributed by atoms with E-state index in [1.165, 1.54) is 16.7 Å². The summed E-state index contributed by atoms with van der Waals surface area (Å²) < 4.78 is 12.0. The predicted octanol–water partition coefficient (Wildman–Crippen LogP) is 6.26. The largest absolute Gasteiger partial charge is 0.494 e. The summed E-state index contributed by atoms with van der Waals surface area (Å²) in [6.45, 7) is 7.49. The average molecular weight is 446 g/mol. The van der Waals surface area contributed by atoms with E-state index in [-0.39, 0.29) is 17.9 Å². The van der Waals surface area contributed by atoms with E-state index in [1.54, 1.807) is 0 Å². The Morgan fingerprint density at radius 1 is 1.03 bits per heavy atom. The number of nitrogens with one attached hydrogen (secondary N) is 1. The molecule has 4 rings (SSSR count). The van der Waals surface area contributed by atoms with Crippen LogP contribution in [0.5, 0.6) is 11.5 Å². The Kier molecular flexibility index (Phi) is 6.59. The van der Waals surface area contributed by atoms with E-state index >= 15 is 0 Å². The molecule has 172 valence electrons. The molecule has 2 unspecified atom stereocenters. The van der Waals surface area contributed by atoms with Crippen molar-refractivity contribution in [3.63, 3.8) is 0 Å². The highest BCUT2D eigenvalue weighted by molar-refractivity contribution is 5.68. The summed E-state index contributed by atoms with van der Waals surface area (Å²) in [6, 6.07) is 22.6. The quantitative estimate of drug-likeness (QED) is 0.380. The monoisotopic (exact) mass is 445 g/mol. The van der Waals surface area contributed by atoms with Gasteiger partial charge in [0, 0.05) is 23.6 Å². The third kappa shape index (κ3) is 4.82. The summed E-state index contributed by atoms with van der Waals surface area (Å²) in [6.07, 6.45) is 0.609. The Hall–Kier alpha value is -3.47. The lowest BCUT2D eigenvalue weighted by molar-refractivity contribution is -0.137. The van der Waals surface area contributed by atoms with Gasteiger partial charge in [0.05, 0.1) is 12.1 Å². The number of carboxylic acid groups (broad SMARTS) is 1. The van der Waals surface area contributed by atoms with E-state index in [0.717, 1.165) is 22.7 Å². The van der Waals surface area contributed by atoms with Crippen LogP contribution in [0.1, 0.15) is 54.9 Å². The van der Waals surface area contributed by atoms with Gasteiger partial charge in [-0.1, -0.05) is 49.4 Å². The van der Waals surface area contributed by atoms with E-state index in [1.807, 2.05) is 30.3 Å². The molecule has 2 atom stereocenters. The lowest BCUT2D eigenvalue weighted by atomic mass is 9.80. The van der Waals surface area contributed by atoms with Crippen molar-refractivity contribution in [2.24, 2.45) is 0 Å². The van der Waals surface area contributed by atoms with Crippen LogP contribution in [0.2, 0.25) is 0 Å². The van der Waals surface area contributed by atoms with Crippen molar-refractivity contribution < 1.29 is 19.4 Å². The van der Waals surface area contributed by atoms with Gasteiger partial charge >= 0.3 is 5.97 Å². The molecule has 1 aliphatic rings. The van der Waals surface area contributed by atoms with Crippen LogP contribution in [0.15, 0.2) is 66.7 Å². The van der Waals surface area contributed by atoms with Crippen LogP contribution in [0.25, 0.3) is 0 Å². The fourth-order valence-electron chi connectivity index (χ4n) is 4.46. The predicted molar refractivity (Wildman–Crippen MR) is 130 cm³/mol. The number of anilines is 1. The van der Waals surface area contributed by atoms with Crippen molar-refractivity contribution in [2.75, 3.05) is 11.9 Å². The van der Waals surface area contributed by atoms with Crippen molar-refractivity contribution in [3.8, 4) is 11.5 Å². The van der Waals surface area contributed by atoms with Gasteiger partial charge < -0.3 is 19.9 Å². The van der Waals surface area contributed by atoms with Crippen LogP contribution in [-0.2, 0) is 16.9 Å². The second-order valence-electron chi connectivity index (χ2n) is 8.85. The minimum atomic E-state index is -0.801. The Labute approximate surface area is 195 Å². The number of aliphatic carboxylic acids is 1. The minimum Gasteiger partial charge on any atom is -0.494 e. The highest BCUT2D eigenvalue weighted by Gasteiger charge is 2.42. The Morgan fingerprint density at radius 2 is 1.79 bits per heavy atom. The summed E-state index contributed by atoms with van der Waals surface area (Å²) in [7, 11) is 0. The zero-order chi connectivity index (χ0) is 23.4. The zero-order valence-corrected chi connectivity index (χ0v) is 19.4. The van der Waals surface area contributed by atoms with Crippen LogP contribution in [-0.4, -0.2) is 17.7 Å². The lowest BCUT2D eigenvalue weighted by Crippen LogP contribution is -2.31. The molecule has 3 aromatic carbocycles. The number of hydrogen-bond donors (Lipinski definition) is 2. The average Bonchev–Trinajstić information content (AvgIpc) is 3.08. The number of rotatable bonds is 9. The minimum absolute atomic E-state index is 0.115. The third-order valence-electron chi connectivity index (χ3n) is 6.66. The molecule has 3 aromatic rings. The molecule has 0 aliphatic carbocycles. The van der Waals surface area contributed by atoms with E-state index in [0.29, 0.717) is 19.6 Å². The topological polar surface area (TPSA) is 67.8 Å². The number of benzene rings is 3. The molecule has 5 nitrogen and oxygen atoms in total. The number of carbonyl (C=O) groups is 1. The second kappa shape index (κ2) is 9.57. The van der Waals surface area contributed by atoms with Gasteiger partial charge in [0.15, 0.2) is 0 Å². The van der Waals surface area contributed by atoms with E-state index < -0.39 is 5.97 Å². The molecule has 0 saturated heterocycles. The maximum absolute atomic E-state index is 10.6. The first-order valence-corrected chi connectivity index (χ1v) is 11.4. The van der Waals surface area contributed by atoms with Crippen molar-refractivity contribution in [1.29, 1.82) is 0 Å². The molecule has 2 N–H and O–H groups in total. The number of aryl methyl sites for hydroxylation is 1. The fraction of sp³-hybridized carbons (Fsp3) is 0.321. The molecular weight excluding hydrogens is 414 g/mol. The molecule has 0 amide bonds. The van der Waals surface area contributed by atoms with Gasteiger partial charge in [0.2, 0.25) is 0 Å². The molecule has 0 saturated carbocycles. The second-order valence-corrected chi connectivity index (χ2v) is 8.85. The van der Waals surface area contributed by atoms with Crippen LogP contribution in [0.4, 0.5) is 5.69 Å². The first-order valence-electron chi connectivity index (χ1n) is 11.4. The summed E-state index contributed by atoms with van der Waals surface area (Å²) in [4.78, 5) is 10.6. The van der Waals surface area contributed by atoms with Crippen molar-refractivity contribution in [3.05, 3.63) is 89.0 Å². The van der Waals surface area contributed by atoms with E-state index in [9.17, 15) is 4.79 Å². The van der Waals surface area contributed by atoms with Crippen molar-refractivity contribution >= 4 is 11.7 Å². The number of fused-ring (bicyclic) bond motifs is 1. The molecule has 0 bridgehead atoms. The number of hydrogen-bond acceptors (Lipinski definition) is 4. The van der Waals surface area contributed by atoms with Gasteiger partial charge in [-0.05, 0) is 61.2 Å². The molecule has 33 heavy (non-hydrogen) atoms. The van der Waals surface area contributed by atoms with Crippen LogP contribution in [0.3, 0.4) is 0 Å². The van der Waals surface area contributed by atoms with Gasteiger partial charge in [-0.2, -0.15) is 0 Å². The molecular formula is C28H31NO4. The van der Waals surface area contributed by atoms with E-state index in [2.05, 4.69) is 62.5 Å². The standard InChI is InChI=1S/C28H31NO4/c1-19-8-4-5-9-21(19)18-33-25-11-6-10-24-27(25)20(2)28(3,29-24)22-13-15-23(16-14-22)32-17-7-12-26(30)31/h4-6,8-11,13-16,20,29H,7,12,17-18H2,1-3H3,(H,30,31). The van der Waals surface area contributed by atoms with Gasteiger partial charge in [-0.3, -0.25) is 4.79 Å². The highest BCUT2D eigenvalue weighted by Crippen LogP contribution is 2.51. The molecule has 0 fully saturated rings. The number of carboxylic acids is 1. The SMILES string of the molecule is Cc1ccccc1COc1cccc2c1C(C)C(C)(c1ccc(OCCCC(=O)O)cc1)N2. The fourth-order valence-corrected chi connectivity index (χ4v) is 4.46. The Balaban J connectivity index is 1.48.